The van der Waals surface area contributed by atoms with Crippen LogP contribution in [0, 0.1) is 5.92 Å². The molecule has 0 bridgehead atoms. The standard InChI is InChI=1S/C24H37N3O8/c1-5-34-21(31)24-12-15(24)9-7-6-8-10-33-14-17(25-22(32)35-23(2,3)4)20(30)27-13-16(28)11-18(27)19(29)26-24/h7,9,15-18,28H,5-6,8,10-14H2,1-4H3,(H,25,32)(H,26,29)/b9-7-/t15-,16+,17-,18-,24+/m0/s1. The third-order valence-electron chi connectivity index (χ3n) is 6.17. The van der Waals surface area contributed by atoms with E-state index in [1.165, 1.54) is 4.90 Å². The van der Waals surface area contributed by atoms with Crippen molar-refractivity contribution in [2.45, 2.75) is 82.7 Å². The smallest absolute Gasteiger partial charge is 0.408 e. The molecule has 3 rings (SSSR count). The highest BCUT2D eigenvalue weighted by atomic mass is 16.6. The molecule has 11 nitrogen and oxygen atoms in total. The number of esters is 1. The number of aliphatic hydroxyl groups is 1. The Hall–Kier alpha value is -2.66. The van der Waals surface area contributed by atoms with Gasteiger partial charge in [-0.1, -0.05) is 12.2 Å². The maximum Gasteiger partial charge on any atom is 0.408 e. The largest absolute Gasteiger partial charge is 0.464 e. The molecule has 1 saturated heterocycles. The van der Waals surface area contributed by atoms with E-state index >= 15 is 0 Å². The Morgan fingerprint density at radius 2 is 2.09 bits per heavy atom. The first-order valence-electron chi connectivity index (χ1n) is 12.2. The highest BCUT2D eigenvalue weighted by Gasteiger charge is 2.62. The molecule has 0 spiro atoms. The molecule has 1 saturated carbocycles. The van der Waals surface area contributed by atoms with E-state index in [2.05, 4.69) is 10.6 Å². The Kier molecular flexibility index (Phi) is 8.42. The van der Waals surface area contributed by atoms with Gasteiger partial charge in [0, 0.05) is 25.5 Å². The third kappa shape index (κ3) is 6.72. The number of amides is 3. The van der Waals surface area contributed by atoms with Crippen molar-refractivity contribution in [2.75, 3.05) is 26.4 Å². The van der Waals surface area contributed by atoms with Gasteiger partial charge in [0.2, 0.25) is 11.8 Å². The van der Waals surface area contributed by atoms with E-state index < -0.39 is 53.2 Å². The van der Waals surface area contributed by atoms with Crippen molar-refractivity contribution < 1.29 is 38.5 Å². The molecule has 0 aromatic heterocycles. The molecule has 3 amide bonds. The molecule has 11 heteroatoms. The van der Waals surface area contributed by atoms with Gasteiger partial charge in [0.25, 0.3) is 0 Å². The lowest BCUT2D eigenvalue weighted by atomic mass is 10.1. The summed E-state index contributed by atoms with van der Waals surface area (Å²) in [6.07, 6.45) is 3.88. The van der Waals surface area contributed by atoms with Crippen molar-refractivity contribution >= 4 is 23.9 Å². The van der Waals surface area contributed by atoms with E-state index in [1.807, 2.05) is 12.2 Å². The van der Waals surface area contributed by atoms with Gasteiger partial charge in [-0.2, -0.15) is 0 Å². The summed E-state index contributed by atoms with van der Waals surface area (Å²) in [7, 11) is 0. The molecule has 0 aromatic carbocycles. The molecule has 5 atom stereocenters. The van der Waals surface area contributed by atoms with E-state index in [9.17, 15) is 24.3 Å². The van der Waals surface area contributed by atoms with Crippen molar-refractivity contribution in [3.05, 3.63) is 12.2 Å². The molecular weight excluding hydrogens is 458 g/mol. The number of carbonyl (C=O) groups is 4. The summed E-state index contributed by atoms with van der Waals surface area (Å²) in [5.41, 5.74) is -1.95. The Bertz CT molecular complexity index is 854. The van der Waals surface area contributed by atoms with Crippen molar-refractivity contribution in [3.63, 3.8) is 0 Å². The molecule has 2 aliphatic heterocycles. The Morgan fingerprint density at radius 1 is 1.34 bits per heavy atom. The fourth-order valence-corrected chi connectivity index (χ4v) is 4.41. The highest BCUT2D eigenvalue weighted by molar-refractivity contribution is 5.96. The fourth-order valence-electron chi connectivity index (χ4n) is 4.41. The summed E-state index contributed by atoms with van der Waals surface area (Å²) < 4.78 is 16.2. The minimum Gasteiger partial charge on any atom is -0.464 e. The van der Waals surface area contributed by atoms with Crippen LogP contribution in [0.4, 0.5) is 4.79 Å². The summed E-state index contributed by atoms with van der Waals surface area (Å²) >= 11 is 0. The lowest BCUT2D eigenvalue weighted by molar-refractivity contribution is -0.150. The quantitative estimate of drug-likeness (QED) is 0.382. The first kappa shape index (κ1) is 26.9. The number of rotatable bonds is 3. The molecule has 1 aliphatic carbocycles. The SMILES string of the molecule is CCOC(=O)[C@@]12C[C@@H]1/C=C\CCCOC[C@H](NC(=O)OC(C)(C)C)C(=O)N1C[C@H](O)C[C@H]1C(=O)N2. The van der Waals surface area contributed by atoms with Crippen LogP contribution in [0.25, 0.3) is 0 Å². The van der Waals surface area contributed by atoms with Crippen LogP contribution in [0.2, 0.25) is 0 Å². The van der Waals surface area contributed by atoms with Gasteiger partial charge in [-0.05, 0) is 47.0 Å². The number of nitrogens with one attached hydrogen (secondary N) is 2. The van der Waals surface area contributed by atoms with E-state index in [0.717, 1.165) is 0 Å². The van der Waals surface area contributed by atoms with Crippen molar-refractivity contribution in [3.8, 4) is 0 Å². The monoisotopic (exact) mass is 495 g/mol. The van der Waals surface area contributed by atoms with Gasteiger partial charge in [0.1, 0.15) is 23.2 Å². The average Bonchev–Trinajstić information content (AvgIpc) is 3.30. The highest BCUT2D eigenvalue weighted by Crippen LogP contribution is 2.46. The molecule has 2 fully saturated rings. The zero-order valence-electron chi connectivity index (χ0n) is 20.9. The van der Waals surface area contributed by atoms with E-state index in [0.29, 0.717) is 25.9 Å². The van der Waals surface area contributed by atoms with Crippen LogP contribution >= 0.6 is 0 Å². The van der Waals surface area contributed by atoms with Crippen LogP contribution in [-0.4, -0.2) is 89.6 Å². The summed E-state index contributed by atoms with van der Waals surface area (Å²) in [6, 6.07) is -2.12. The number of hydrogen-bond donors (Lipinski definition) is 3. The number of fused-ring (bicyclic) bond motifs is 2. The molecule has 0 aromatic rings. The minimum atomic E-state index is -1.18. The van der Waals surface area contributed by atoms with Crippen LogP contribution < -0.4 is 10.6 Å². The number of alkyl carbamates (subject to hydrolysis) is 1. The van der Waals surface area contributed by atoms with Gasteiger partial charge in [-0.15, -0.1) is 0 Å². The predicted octanol–water partition coefficient (Wildman–Crippen LogP) is 0.646. The van der Waals surface area contributed by atoms with Crippen LogP contribution in [0.15, 0.2) is 12.2 Å². The van der Waals surface area contributed by atoms with Crippen LogP contribution in [0.5, 0.6) is 0 Å². The first-order valence-corrected chi connectivity index (χ1v) is 12.2. The number of aliphatic hydroxyl groups excluding tert-OH is 1. The lowest BCUT2D eigenvalue weighted by Gasteiger charge is -2.30. The molecule has 3 aliphatic rings. The van der Waals surface area contributed by atoms with Gasteiger partial charge in [-0.25, -0.2) is 9.59 Å². The number of carbonyl (C=O) groups excluding carboxylic acids is 4. The molecule has 0 unspecified atom stereocenters. The Balaban J connectivity index is 1.84. The van der Waals surface area contributed by atoms with Gasteiger partial charge < -0.3 is 34.9 Å². The number of ether oxygens (including phenoxy) is 3. The third-order valence-corrected chi connectivity index (χ3v) is 6.17. The lowest BCUT2D eigenvalue weighted by Crippen LogP contribution is -2.57. The van der Waals surface area contributed by atoms with E-state index in [4.69, 9.17) is 14.2 Å². The van der Waals surface area contributed by atoms with E-state index in [1.54, 1.807) is 27.7 Å². The first-order chi connectivity index (χ1) is 16.5. The van der Waals surface area contributed by atoms with Crippen LogP contribution in [-0.2, 0) is 28.6 Å². The maximum absolute atomic E-state index is 13.4. The van der Waals surface area contributed by atoms with Crippen molar-refractivity contribution in [1.29, 1.82) is 0 Å². The number of allylic oxidation sites excluding steroid dienone is 1. The van der Waals surface area contributed by atoms with Crippen LogP contribution in [0.3, 0.4) is 0 Å². The van der Waals surface area contributed by atoms with Crippen molar-refractivity contribution in [2.24, 2.45) is 5.92 Å². The minimum absolute atomic E-state index is 0.0109. The summed E-state index contributed by atoms with van der Waals surface area (Å²) in [6.45, 7) is 7.14. The summed E-state index contributed by atoms with van der Waals surface area (Å²) in [4.78, 5) is 53.1. The molecular formula is C24H37N3O8. The predicted molar refractivity (Wildman–Crippen MR) is 124 cm³/mol. The topological polar surface area (TPSA) is 144 Å². The number of hydrogen-bond acceptors (Lipinski definition) is 8. The van der Waals surface area contributed by atoms with Gasteiger partial charge in [-0.3, -0.25) is 9.59 Å². The molecule has 0 radical (unpaired) electrons. The second kappa shape index (κ2) is 10.9. The van der Waals surface area contributed by atoms with E-state index in [-0.39, 0.29) is 32.1 Å². The molecule has 35 heavy (non-hydrogen) atoms. The molecule has 196 valence electrons. The Labute approximate surface area is 205 Å². The zero-order valence-corrected chi connectivity index (χ0v) is 20.9. The van der Waals surface area contributed by atoms with Crippen LogP contribution in [0.1, 0.15) is 53.4 Å². The van der Waals surface area contributed by atoms with Gasteiger partial charge in [0.05, 0.1) is 19.3 Å². The summed E-state index contributed by atoms with van der Waals surface area (Å²) in [5.74, 6) is -1.85. The van der Waals surface area contributed by atoms with Gasteiger partial charge in [0.15, 0.2) is 0 Å². The average molecular weight is 496 g/mol. The fraction of sp³-hybridized carbons (Fsp3) is 0.750. The van der Waals surface area contributed by atoms with Gasteiger partial charge >= 0.3 is 12.1 Å². The second-order valence-corrected chi connectivity index (χ2v) is 10.2. The Morgan fingerprint density at radius 3 is 2.77 bits per heavy atom. The normalized spacial score (nSPS) is 32.8. The number of nitrogens with zero attached hydrogens (tertiary/aromatic N) is 1. The zero-order chi connectivity index (χ0) is 25.8. The van der Waals surface area contributed by atoms with Crippen molar-refractivity contribution in [1.82, 2.24) is 15.5 Å². The maximum atomic E-state index is 13.4. The summed E-state index contributed by atoms with van der Waals surface area (Å²) in [5, 5.41) is 15.6. The second-order valence-electron chi connectivity index (χ2n) is 10.2. The molecule has 2 heterocycles. The molecule has 3 N–H and O–H groups in total.